The topological polar surface area (TPSA) is 72.5 Å². The van der Waals surface area contributed by atoms with Crippen molar-refractivity contribution in [1.29, 1.82) is 0 Å². The molecule has 2 rings (SSSR count). The van der Waals surface area contributed by atoms with Gasteiger partial charge in [-0.15, -0.1) is 0 Å². The largest absolute Gasteiger partial charge is 0.490 e. The summed E-state index contributed by atoms with van der Waals surface area (Å²) in [4.78, 5) is 12.1. The minimum Gasteiger partial charge on any atom is -0.490 e. The molecule has 0 aliphatic rings. The number of hydrogen-bond donors (Lipinski definition) is 1. The lowest BCUT2D eigenvalue weighted by Gasteiger charge is -2.09. The number of amides is 1. The second-order valence-corrected chi connectivity index (χ2v) is 7.80. The molecule has 0 aromatic heterocycles. The van der Waals surface area contributed by atoms with Gasteiger partial charge in [-0.3, -0.25) is 4.79 Å². The van der Waals surface area contributed by atoms with E-state index in [4.69, 9.17) is 4.74 Å². The third kappa shape index (κ3) is 6.54. The number of para-hydroxylation sites is 1. The fourth-order valence-corrected chi connectivity index (χ4v) is 3.01. The molecule has 2 aromatic rings. The van der Waals surface area contributed by atoms with E-state index in [1.807, 2.05) is 0 Å². The molecule has 0 saturated heterocycles. The van der Waals surface area contributed by atoms with Gasteiger partial charge in [-0.05, 0) is 36.2 Å². The van der Waals surface area contributed by atoms with Gasteiger partial charge in [0.25, 0.3) is 5.91 Å². The van der Waals surface area contributed by atoms with E-state index in [0.717, 1.165) is 6.26 Å². The zero-order valence-corrected chi connectivity index (χ0v) is 14.7. The molecular weight excluding hydrogens is 345 g/mol. The van der Waals surface area contributed by atoms with E-state index >= 15 is 0 Å². The average Bonchev–Trinajstić information content (AvgIpc) is 2.54. The average molecular weight is 365 g/mol. The molecule has 0 fully saturated rings. The predicted octanol–water partition coefficient (Wildman–Crippen LogP) is 2.57. The van der Waals surface area contributed by atoms with E-state index < -0.39 is 15.7 Å². The number of benzene rings is 2. The Morgan fingerprint density at radius 3 is 2.64 bits per heavy atom. The number of carbonyl (C=O) groups is 1. The van der Waals surface area contributed by atoms with Crippen LogP contribution in [-0.4, -0.2) is 33.7 Å². The van der Waals surface area contributed by atoms with Crippen molar-refractivity contribution in [3.63, 3.8) is 0 Å². The van der Waals surface area contributed by atoms with E-state index in [9.17, 15) is 17.6 Å². The number of sulfone groups is 1. The summed E-state index contributed by atoms with van der Waals surface area (Å²) in [5.74, 6) is -0.636. The normalized spacial score (nSPS) is 11.1. The Balaban J connectivity index is 1.79. The molecule has 0 aliphatic carbocycles. The fraction of sp³-hybridized carbons (Fsp3) is 0.278. The highest BCUT2D eigenvalue weighted by atomic mass is 32.2. The van der Waals surface area contributed by atoms with Gasteiger partial charge in [-0.25, -0.2) is 12.8 Å². The summed E-state index contributed by atoms with van der Waals surface area (Å²) < 4.78 is 41.3. The standard InChI is InChI=1S/C18H20FNO4S/c1-25(22,23)13-14-6-4-7-15(12-14)18(21)20-10-5-11-24-17-9-3-2-8-16(17)19/h2-4,6-9,12H,5,10-11,13H2,1H3,(H,20,21). The van der Waals surface area contributed by atoms with Crippen LogP contribution in [-0.2, 0) is 15.6 Å². The molecule has 1 N–H and O–H groups in total. The molecule has 0 spiro atoms. The first-order valence-corrected chi connectivity index (χ1v) is 9.83. The zero-order chi connectivity index (χ0) is 18.3. The van der Waals surface area contributed by atoms with Crippen LogP contribution in [0.2, 0.25) is 0 Å². The monoisotopic (exact) mass is 365 g/mol. The second kappa shape index (κ2) is 8.62. The van der Waals surface area contributed by atoms with Gasteiger partial charge in [0.2, 0.25) is 0 Å². The van der Waals surface area contributed by atoms with Crippen molar-refractivity contribution in [2.45, 2.75) is 12.2 Å². The summed E-state index contributed by atoms with van der Waals surface area (Å²) in [6.45, 7) is 0.638. The predicted molar refractivity (Wildman–Crippen MR) is 93.8 cm³/mol. The van der Waals surface area contributed by atoms with Gasteiger partial charge in [-0.2, -0.15) is 0 Å². The summed E-state index contributed by atoms with van der Waals surface area (Å²) in [6.07, 6.45) is 1.67. The van der Waals surface area contributed by atoms with Gasteiger partial charge < -0.3 is 10.1 Å². The van der Waals surface area contributed by atoms with Crippen LogP contribution in [0.4, 0.5) is 4.39 Å². The molecule has 7 heteroatoms. The van der Waals surface area contributed by atoms with Crippen molar-refractivity contribution in [2.75, 3.05) is 19.4 Å². The van der Waals surface area contributed by atoms with Crippen LogP contribution in [0.3, 0.4) is 0 Å². The van der Waals surface area contributed by atoms with Crippen LogP contribution < -0.4 is 10.1 Å². The molecule has 0 aliphatic heterocycles. The molecule has 0 heterocycles. The minimum absolute atomic E-state index is 0.107. The lowest BCUT2D eigenvalue weighted by molar-refractivity contribution is 0.0951. The number of halogens is 1. The summed E-state index contributed by atoms with van der Waals surface area (Å²) in [5.41, 5.74) is 0.967. The number of ether oxygens (including phenoxy) is 1. The summed E-state index contributed by atoms with van der Waals surface area (Å²) in [6, 6.07) is 12.6. The third-order valence-electron chi connectivity index (χ3n) is 3.32. The smallest absolute Gasteiger partial charge is 0.251 e. The molecule has 0 saturated carbocycles. The van der Waals surface area contributed by atoms with Crippen LogP contribution in [0.15, 0.2) is 48.5 Å². The van der Waals surface area contributed by atoms with Crippen LogP contribution in [0, 0.1) is 5.82 Å². The van der Waals surface area contributed by atoms with Gasteiger partial charge in [0, 0.05) is 18.4 Å². The zero-order valence-electron chi connectivity index (χ0n) is 13.9. The minimum atomic E-state index is -3.15. The first-order chi connectivity index (χ1) is 11.8. The first kappa shape index (κ1) is 18.9. The third-order valence-corrected chi connectivity index (χ3v) is 4.18. The fourth-order valence-electron chi connectivity index (χ4n) is 2.23. The molecule has 0 atom stereocenters. The van der Waals surface area contributed by atoms with Gasteiger partial charge in [-0.1, -0.05) is 24.3 Å². The van der Waals surface area contributed by atoms with E-state index in [1.165, 1.54) is 6.07 Å². The molecule has 1 amide bonds. The Kier molecular flexibility index (Phi) is 6.52. The van der Waals surface area contributed by atoms with Gasteiger partial charge >= 0.3 is 0 Å². The molecule has 5 nitrogen and oxygen atoms in total. The quantitative estimate of drug-likeness (QED) is 0.730. The highest BCUT2D eigenvalue weighted by molar-refractivity contribution is 7.89. The van der Waals surface area contributed by atoms with Crippen molar-refractivity contribution in [2.24, 2.45) is 0 Å². The number of rotatable bonds is 8. The maximum Gasteiger partial charge on any atom is 0.251 e. The Hall–Kier alpha value is -2.41. The van der Waals surface area contributed by atoms with Crippen molar-refractivity contribution in [3.8, 4) is 5.75 Å². The number of carbonyl (C=O) groups excluding carboxylic acids is 1. The maximum absolute atomic E-state index is 13.4. The van der Waals surface area contributed by atoms with Gasteiger partial charge in [0.15, 0.2) is 21.4 Å². The van der Waals surface area contributed by atoms with Crippen LogP contribution >= 0.6 is 0 Å². The lowest BCUT2D eigenvalue weighted by atomic mass is 10.1. The number of nitrogens with one attached hydrogen (secondary N) is 1. The number of hydrogen-bond acceptors (Lipinski definition) is 4. The molecule has 0 radical (unpaired) electrons. The maximum atomic E-state index is 13.4. The Morgan fingerprint density at radius 1 is 1.16 bits per heavy atom. The highest BCUT2D eigenvalue weighted by Gasteiger charge is 2.09. The Labute approximate surface area is 146 Å². The van der Waals surface area contributed by atoms with Gasteiger partial charge in [0.05, 0.1) is 12.4 Å². The molecule has 0 bridgehead atoms. The summed E-state index contributed by atoms with van der Waals surface area (Å²) >= 11 is 0. The summed E-state index contributed by atoms with van der Waals surface area (Å²) in [5, 5.41) is 2.73. The molecule has 0 unspecified atom stereocenters. The molecule has 134 valence electrons. The first-order valence-electron chi connectivity index (χ1n) is 7.77. The van der Waals surface area contributed by atoms with Crippen LogP contribution in [0.5, 0.6) is 5.75 Å². The van der Waals surface area contributed by atoms with Crippen molar-refractivity contribution < 1.29 is 22.3 Å². The summed E-state index contributed by atoms with van der Waals surface area (Å²) in [7, 11) is -3.15. The second-order valence-electron chi connectivity index (χ2n) is 5.66. The van der Waals surface area contributed by atoms with E-state index in [1.54, 1.807) is 42.5 Å². The van der Waals surface area contributed by atoms with Crippen molar-refractivity contribution in [1.82, 2.24) is 5.32 Å². The van der Waals surface area contributed by atoms with E-state index in [2.05, 4.69) is 5.32 Å². The van der Waals surface area contributed by atoms with E-state index in [0.29, 0.717) is 24.1 Å². The van der Waals surface area contributed by atoms with Crippen LogP contribution in [0.1, 0.15) is 22.3 Å². The SMILES string of the molecule is CS(=O)(=O)Cc1cccc(C(=O)NCCCOc2ccccc2F)c1. The molecular formula is C18H20FNO4S. The lowest BCUT2D eigenvalue weighted by Crippen LogP contribution is -2.25. The molecule has 2 aromatic carbocycles. The Morgan fingerprint density at radius 2 is 1.92 bits per heavy atom. The van der Waals surface area contributed by atoms with Crippen LogP contribution in [0.25, 0.3) is 0 Å². The van der Waals surface area contributed by atoms with E-state index in [-0.39, 0.29) is 24.0 Å². The van der Waals surface area contributed by atoms with Gasteiger partial charge in [0.1, 0.15) is 0 Å². The molecule has 25 heavy (non-hydrogen) atoms. The highest BCUT2D eigenvalue weighted by Crippen LogP contribution is 2.15. The van der Waals surface area contributed by atoms with Crippen molar-refractivity contribution in [3.05, 3.63) is 65.5 Å². The van der Waals surface area contributed by atoms with Crippen molar-refractivity contribution >= 4 is 15.7 Å². The Bertz CT molecular complexity index is 836.